The summed E-state index contributed by atoms with van der Waals surface area (Å²) >= 11 is 0. The molecule has 2 heterocycles. The van der Waals surface area contributed by atoms with E-state index in [-0.39, 0.29) is 4.90 Å². The summed E-state index contributed by atoms with van der Waals surface area (Å²) in [5.74, 6) is 0.900. The number of likely N-dealkylation sites (N-methyl/N-ethyl adjacent to an activating group) is 1. The number of aromatic amines is 1. The molecule has 0 aliphatic carbocycles. The molecule has 0 radical (unpaired) electrons. The highest BCUT2D eigenvalue weighted by atomic mass is 32.2. The van der Waals surface area contributed by atoms with E-state index >= 15 is 0 Å². The van der Waals surface area contributed by atoms with E-state index in [2.05, 4.69) is 64.3 Å². The molecule has 8 heteroatoms. The van der Waals surface area contributed by atoms with Crippen LogP contribution in [0.3, 0.4) is 0 Å². The maximum absolute atomic E-state index is 11.6. The molecule has 0 unspecified atom stereocenters. The molecule has 0 bridgehead atoms. The number of nitrogens with zero attached hydrogens (tertiary/aromatic N) is 2. The predicted molar refractivity (Wildman–Crippen MR) is 144 cm³/mol. The molecular formula is C27H31N5O2S. The van der Waals surface area contributed by atoms with E-state index in [9.17, 15) is 8.42 Å². The lowest BCUT2D eigenvalue weighted by molar-refractivity contribution is 0.271. The van der Waals surface area contributed by atoms with Crippen molar-refractivity contribution >= 4 is 38.1 Å². The molecule has 1 fully saturated rings. The normalized spacial score (nSPS) is 15.0. The first kappa shape index (κ1) is 23.4. The molecule has 0 amide bonds. The number of nitrogens with one attached hydrogen (secondary N) is 2. The third kappa shape index (κ3) is 4.91. The lowest BCUT2D eigenvalue weighted by Gasteiger charge is -2.36. The van der Waals surface area contributed by atoms with E-state index < -0.39 is 10.0 Å². The molecule has 1 saturated heterocycles. The van der Waals surface area contributed by atoms with Gasteiger partial charge in [-0.15, -0.1) is 0 Å². The molecule has 5 rings (SSSR count). The maximum Gasteiger partial charge on any atom is 0.238 e. The van der Waals surface area contributed by atoms with Crippen molar-refractivity contribution in [2.24, 2.45) is 5.14 Å². The Morgan fingerprint density at radius 3 is 2.37 bits per heavy atom. The molecule has 4 aromatic rings. The molecule has 35 heavy (non-hydrogen) atoms. The van der Waals surface area contributed by atoms with Crippen LogP contribution in [-0.4, -0.2) is 51.0 Å². The van der Waals surface area contributed by atoms with Gasteiger partial charge in [0.05, 0.1) is 10.4 Å². The molecule has 1 aromatic heterocycles. The van der Waals surface area contributed by atoms with Crippen molar-refractivity contribution in [2.75, 3.05) is 42.9 Å². The standard InChI is InChI=1S/C27H31N5O2S/c1-3-31-13-15-32(16-14-31)25-12-9-22(17-19(25)2)29-26-18-21-5-4-6-24(27(21)30-26)20-7-10-23(11-8-20)35(28,33)34/h4-12,17-18,29-30H,3,13-16H2,1-2H3,(H2,28,33,34). The molecular weight excluding hydrogens is 458 g/mol. The SMILES string of the molecule is CCN1CCN(c2ccc(Nc3cc4cccc(-c5ccc(S(N)(=O)=O)cc5)c4[nH]3)cc2C)CC1. The van der Waals surface area contributed by atoms with Crippen LogP contribution in [0.25, 0.3) is 22.0 Å². The Hall–Kier alpha value is -3.33. The summed E-state index contributed by atoms with van der Waals surface area (Å²) < 4.78 is 23.2. The number of rotatable bonds is 6. The average Bonchev–Trinajstić information content (AvgIpc) is 3.26. The number of hydrogen-bond donors (Lipinski definition) is 3. The highest BCUT2D eigenvalue weighted by Gasteiger charge is 2.17. The summed E-state index contributed by atoms with van der Waals surface area (Å²) in [4.78, 5) is 8.56. The van der Waals surface area contributed by atoms with E-state index in [1.807, 2.05) is 12.1 Å². The smallest absolute Gasteiger partial charge is 0.238 e. The molecule has 0 spiro atoms. The van der Waals surface area contributed by atoms with Gasteiger partial charge >= 0.3 is 0 Å². The summed E-state index contributed by atoms with van der Waals surface area (Å²) in [5, 5.41) is 9.82. The van der Waals surface area contributed by atoms with Crippen molar-refractivity contribution < 1.29 is 8.42 Å². The van der Waals surface area contributed by atoms with E-state index in [1.165, 1.54) is 23.4 Å². The molecule has 4 N–H and O–H groups in total. The van der Waals surface area contributed by atoms with Crippen molar-refractivity contribution in [1.82, 2.24) is 9.88 Å². The average molecular weight is 490 g/mol. The van der Waals surface area contributed by atoms with Crippen LogP contribution in [-0.2, 0) is 10.0 Å². The van der Waals surface area contributed by atoms with Crippen LogP contribution < -0.4 is 15.4 Å². The third-order valence-electron chi connectivity index (χ3n) is 6.79. The number of primary sulfonamides is 1. The summed E-state index contributed by atoms with van der Waals surface area (Å²) in [7, 11) is -3.72. The number of aromatic nitrogens is 1. The van der Waals surface area contributed by atoms with Gasteiger partial charge in [0, 0.05) is 48.5 Å². The van der Waals surface area contributed by atoms with Gasteiger partial charge in [0.2, 0.25) is 10.0 Å². The first-order chi connectivity index (χ1) is 16.8. The number of sulfonamides is 1. The number of fused-ring (bicyclic) bond motifs is 1. The number of aryl methyl sites for hydroxylation is 1. The minimum Gasteiger partial charge on any atom is -0.369 e. The maximum atomic E-state index is 11.6. The molecule has 182 valence electrons. The molecule has 0 atom stereocenters. The van der Waals surface area contributed by atoms with Crippen molar-refractivity contribution in [3.05, 3.63) is 72.3 Å². The summed E-state index contributed by atoms with van der Waals surface area (Å²) in [6.07, 6.45) is 0. The number of anilines is 3. The number of para-hydroxylation sites is 1. The number of nitrogens with two attached hydrogens (primary N) is 1. The third-order valence-corrected chi connectivity index (χ3v) is 7.72. The number of H-pyrrole nitrogens is 1. The fourth-order valence-electron chi connectivity index (χ4n) is 4.84. The molecule has 0 saturated carbocycles. The van der Waals surface area contributed by atoms with Crippen molar-refractivity contribution in [1.29, 1.82) is 0 Å². The van der Waals surface area contributed by atoms with Gasteiger partial charge in [-0.25, -0.2) is 13.6 Å². The Morgan fingerprint density at radius 1 is 0.971 bits per heavy atom. The van der Waals surface area contributed by atoms with Gasteiger partial charge in [-0.1, -0.05) is 37.3 Å². The van der Waals surface area contributed by atoms with Gasteiger partial charge in [0.25, 0.3) is 0 Å². The van der Waals surface area contributed by atoms with Crippen molar-refractivity contribution in [2.45, 2.75) is 18.7 Å². The van der Waals surface area contributed by atoms with E-state index in [4.69, 9.17) is 5.14 Å². The number of hydrogen-bond acceptors (Lipinski definition) is 5. The first-order valence-electron chi connectivity index (χ1n) is 11.9. The van der Waals surface area contributed by atoms with Gasteiger partial charge in [0.15, 0.2) is 0 Å². The van der Waals surface area contributed by atoms with Crippen LogP contribution in [0.5, 0.6) is 0 Å². The number of benzene rings is 3. The largest absolute Gasteiger partial charge is 0.369 e. The van der Waals surface area contributed by atoms with Crippen LogP contribution in [0.2, 0.25) is 0 Å². The van der Waals surface area contributed by atoms with Crippen LogP contribution in [0.4, 0.5) is 17.2 Å². The monoisotopic (exact) mass is 489 g/mol. The quantitative estimate of drug-likeness (QED) is 0.366. The van der Waals surface area contributed by atoms with Gasteiger partial charge < -0.3 is 20.1 Å². The van der Waals surface area contributed by atoms with Gasteiger partial charge in [0.1, 0.15) is 5.82 Å². The van der Waals surface area contributed by atoms with Crippen LogP contribution in [0, 0.1) is 6.92 Å². The molecule has 1 aliphatic rings. The van der Waals surface area contributed by atoms with Crippen LogP contribution >= 0.6 is 0 Å². The second-order valence-electron chi connectivity index (χ2n) is 9.07. The van der Waals surface area contributed by atoms with E-state index in [0.717, 1.165) is 66.3 Å². The van der Waals surface area contributed by atoms with Crippen LogP contribution in [0.15, 0.2) is 71.6 Å². The Morgan fingerprint density at radius 2 is 1.71 bits per heavy atom. The Bertz CT molecular complexity index is 1450. The van der Waals surface area contributed by atoms with Crippen molar-refractivity contribution in [3.8, 4) is 11.1 Å². The minimum atomic E-state index is -3.72. The van der Waals surface area contributed by atoms with E-state index in [1.54, 1.807) is 12.1 Å². The zero-order valence-corrected chi connectivity index (χ0v) is 20.9. The number of piperazine rings is 1. The zero-order chi connectivity index (χ0) is 24.6. The minimum absolute atomic E-state index is 0.105. The Labute approximate surface area is 206 Å². The summed E-state index contributed by atoms with van der Waals surface area (Å²) in [5.41, 5.74) is 6.48. The van der Waals surface area contributed by atoms with Gasteiger partial charge in [-0.3, -0.25) is 0 Å². The lowest BCUT2D eigenvalue weighted by Crippen LogP contribution is -2.46. The van der Waals surface area contributed by atoms with Gasteiger partial charge in [-0.05, 0) is 61.0 Å². The van der Waals surface area contributed by atoms with E-state index in [0.29, 0.717) is 0 Å². The highest BCUT2D eigenvalue weighted by molar-refractivity contribution is 7.89. The highest BCUT2D eigenvalue weighted by Crippen LogP contribution is 2.32. The van der Waals surface area contributed by atoms with Gasteiger partial charge in [-0.2, -0.15) is 0 Å². The summed E-state index contributed by atoms with van der Waals surface area (Å²) in [6, 6.07) is 21.3. The topological polar surface area (TPSA) is 94.5 Å². The fraction of sp³-hybridized carbons (Fsp3) is 0.259. The van der Waals surface area contributed by atoms with Crippen LogP contribution in [0.1, 0.15) is 12.5 Å². The zero-order valence-electron chi connectivity index (χ0n) is 20.1. The predicted octanol–water partition coefficient (Wildman–Crippen LogP) is 4.68. The second-order valence-corrected chi connectivity index (χ2v) is 10.6. The Balaban J connectivity index is 1.37. The summed E-state index contributed by atoms with van der Waals surface area (Å²) in [6.45, 7) is 9.84. The van der Waals surface area contributed by atoms with Crippen molar-refractivity contribution in [3.63, 3.8) is 0 Å². The Kier molecular flexibility index (Phi) is 6.27. The molecule has 1 aliphatic heterocycles. The fourth-order valence-corrected chi connectivity index (χ4v) is 5.35. The lowest BCUT2D eigenvalue weighted by atomic mass is 10.0. The first-order valence-corrected chi connectivity index (χ1v) is 13.5. The second kappa shape index (κ2) is 9.37. The molecule has 3 aromatic carbocycles. The molecule has 7 nitrogen and oxygen atoms in total.